The summed E-state index contributed by atoms with van der Waals surface area (Å²) in [6, 6.07) is 6.74. The number of rotatable bonds is 6. The van der Waals surface area contributed by atoms with E-state index in [2.05, 4.69) is 17.2 Å². The first-order valence-electron chi connectivity index (χ1n) is 8.24. The number of hydrogen-bond donors (Lipinski definition) is 2. The largest absolute Gasteiger partial charge is 0.354 e. The molecule has 25 heavy (non-hydrogen) atoms. The molecule has 2 N–H and O–H groups in total. The van der Waals surface area contributed by atoms with Crippen LogP contribution in [0.5, 0.6) is 0 Å². The number of hydrogen-bond acceptors (Lipinski definition) is 3. The zero-order valence-corrected chi connectivity index (χ0v) is 14.7. The van der Waals surface area contributed by atoms with Gasteiger partial charge in [0.05, 0.1) is 5.92 Å². The van der Waals surface area contributed by atoms with Crippen molar-refractivity contribution >= 4 is 29.3 Å². The number of carbonyl (C=O) groups excluding carboxylic acids is 3. The summed E-state index contributed by atoms with van der Waals surface area (Å²) in [6.45, 7) is 5.08. The normalized spacial score (nSPS) is 16.8. The van der Waals surface area contributed by atoms with E-state index in [-0.39, 0.29) is 23.6 Å². The first-order valence-corrected chi connectivity index (χ1v) is 8.62. The predicted octanol–water partition coefficient (Wildman–Crippen LogP) is 1.61. The minimum Gasteiger partial charge on any atom is -0.354 e. The Bertz CT molecular complexity index is 645. The van der Waals surface area contributed by atoms with Crippen molar-refractivity contribution in [3.05, 3.63) is 47.5 Å². The van der Waals surface area contributed by atoms with Gasteiger partial charge in [-0.25, -0.2) is 0 Å². The Balaban J connectivity index is 1.84. The van der Waals surface area contributed by atoms with Crippen molar-refractivity contribution < 1.29 is 14.4 Å². The average molecular weight is 364 g/mol. The lowest BCUT2D eigenvalue weighted by Gasteiger charge is -2.32. The Labute approximate surface area is 152 Å². The molecule has 1 heterocycles. The minimum absolute atomic E-state index is 0.0904. The first kappa shape index (κ1) is 19.0. The summed E-state index contributed by atoms with van der Waals surface area (Å²) in [4.78, 5) is 37.5. The maximum Gasteiger partial charge on any atom is 0.253 e. The van der Waals surface area contributed by atoms with Gasteiger partial charge in [-0.15, -0.1) is 0 Å². The Morgan fingerprint density at radius 2 is 1.88 bits per heavy atom. The highest BCUT2D eigenvalue weighted by molar-refractivity contribution is 6.30. The van der Waals surface area contributed by atoms with Crippen LogP contribution in [0.15, 0.2) is 36.9 Å². The molecule has 1 unspecified atom stereocenters. The number of amides is 3. The zero-order chi connectivity index (χ0) is 18.2. The number of nitrogens with one attached hydrogen (secondary N) is 2. The van der Waals surface area contributed by atoms with E-state index in [1.54, 1.807) is 29.2 Å². The number of piperidine rings is 1. The van der Waals surface area contributed by atoms with Crippen molar-refractivity contribution in [2.45, 2.75) is 12.8 Å². The fraction of sp³-hybridized carbons (Fsp3) is 0.389. The molecule has 3 amide bonds. The number of benzene rings is 1. The van der Waals surface area contributed by atoms with Crippen LogP contribution in [0, 0.1) is 5.92 Å². The topological polar surface area (TPSA) is 78.5 Å². The van der Waals surface area contributed by atoms with Crippen LogP contribution >= 0.6 is 11.6 Å². The fourth-order valence-corrected chi connectivity index (χ4v) is 2.86. The van der Waals surface area contributed by atoms with E-state index in [0.717, 1.165) is 12.8 Å². The smallest absolute Gasteiger partial charge is 0.253 e. The average Bonchev–Trinajstić information content (AvgIpc) is 2.65. The Morgan fingerprint density at radius 1 is 1.20 bits per heavy atom. The van der Waals surface area contributed by atoms with E-state index in [9.17, 15) is 14.4 Å². The van der Waals surface area contributed by atoms with E-state index in [0.29, 0.717) is 36.8 Å². The van der Waals surface area contributed by atoms with Crippen molar-refractivity contribution in [2.75, 3.05) is 26.2 Å². The van der Waals surface area contributed by atoms with E-state index >= 15 is 0 Å². The van der Waals surface area contributed by atoms with Crippen LogP contribution in [0.2, 0.25) is 5.02 Å². The molecule has 0 aliphatic carbocycles. The lowest BCUT2D eigenvalue weighted by atomic mass is 9.96. The first-order chi connectivity index (χ1) is 12.0. The molecule has 134 valence electrons. The number of likely N-dealkylation sites (tertiary alicyclic amines) is 1. The predicted molar refractivity (Wildman–Crippen MR) is 96.3 cm³/mol. The van der Waals surface area contributed by atoms with Gasteiger partial charge in [-0.2, -0.15) is 0 Å². The number of nitrogens with zero attached hydrogens (tertiary/aromatic N) is 1. The van der Waals surface area contributed by atoms with Gasteiger partial charge in [-0.05, 0) is 43.2 Å². The highest BCUT2D eigenvalue weighted by atomic mass is 35.5. The van der Waals surface area contributed by atoms with Crippen molar-refractivity contribution in [1.29, 1.82) is 0 Å². The molecule has 6 nitrogen and oxygen atoms in total. The molecule has 0 bridgehead atoms. The Hall–Kier alpha value is -2.34. The van der Waals surface area contributed by atoms with E-state index in [4.69, 9.17) is 11.6 Å². The molecular formula is C18H22ClN3O3. The van der Waals surface area contributed by atoms with Crippen LogP contribution in [-0.4, -0.2) is 48.8 Å². The van der Waals surface area contributed by atoms with Gasteiger partial charge in [0, 0.05) is 36.8 Å². The quantitative estimate of drug-likeness (QED) is 0.595. The maximum absolute atomic E-state index is 12.5. The van der Waals surface area contributed by atoms with E-state index < -0.39 is 0 Å². The molecule has 0 aromatic heterocycles. The summed E-state index contributed by atoms with van der Waals surface area (Å²) in [5.41, 5.74) is 0.567. The van der Waals surface area contributed by atoms with Crippen LogP contribution in [-0.2, 0) is 9.59 Å². The third-order valence-corrected chi connectivity index (χ3v) is 4.33. The minimum atomic E-state index is -0.272. The van der Waals surface area contributed by atoms with Gasteiger partial charge in [-0.1, -0.05) is 18.2 Å². The molecule has 2 rings (SSSR count). The van der Waals surface area contributed by atoms with Crippen LogP contribution in [0.4, 0.5) is 0 Å². The molecule has 1 fully saturated rings. The second-order valence-electron chi connectivity index (χ2n) is 5.88. The molecular weight excluding hydrogens is 342 g/mol. The van der Waals surface area contributed by atoms with Crippen LogP contribution in [0.1, 0.15) is 23.2 Å². The van der Waals surface area contributed by atoms with Gasteiger partial charge in [0.15, 0.2) is 0 Å². The Morgan fingerprint density at radius 3 is 2.56 bits per heavy atom. The van der Waals surface area contributed by atoms with Crippen LogP contribution < -0.4 is 10.6 Å². The van der Waals surface area contributed by atoms with Gasteiger partial charge >= 0.3 is 0 Å². The SMILES string of the molecule is C=CC(=O)NCCNC(=O)C1CCCN(C(=O)c2ccc(Cl)cc2)C1. The van der Waals surface area contributed by atoms with Crippen LogP contribution in [0.25, 0.3) is 0 Å². The van der Waals surface area contributed by atoms with Crippen molar-refractivity contribution in [3.8, 4) is 0 Å². The number of halogens is 1. The molecule has 1 atom stereocenters. The van der Waals surface area contributed by atoms with Gasteiger partial charge in [0.25, 0.3) is 5.91 Å². The standard InChI is InChI=1S/C18H22ClN3O3/c1-2-16(23)20-9-10-21-17(24)14-4-3-11-22(12-14)18(25)13-5-7-15(19)8-6-13/h2,5-8,14H,1,3-4,9-12H2,(H,20,23)(H,21,24). The second-order valence-corrected chi connectivity index (χ2v) is 6.32. The highest BCUT2D eigenvalue weighted by Gasteiger charge is 2.28. The lowest BCUT2D eigenvalue weighted by Crippen LogP contribution is -2.46. The van der Waals surface area contributed by atoms with Gasteiger partial charge in [0.2, 0.25) is 11.8 Å². The number of carbonyl (C=O) groups is 3. The summed E-state index contributed by atoms with van der Waals surface area (Å²) < 4.78 is 0. The van der Waals surface area contributed by atoms with Gasteiger partial charge in [0.1, 0.15) is 0 Å². The highest BCUT2D eigenvalue weighted by Crippen LogP contribution is 2.19. The molecule has 1 aromatic carbocycles. The summed E-state index contributed by atoms with van der Waals surface area (Å²) >= 11 is 5.85. The summed E-state index contributed by atoms with van der Waals surface area (Å²) in [5, 5.41) is 5.97. The summed E-state index contributed by atoms with van der Waals surface area (Å²) in [5.74, 6) is -0.694. The molecule has 1 aliphatic rings. The summed E-state index contributed by atoms with van der Waals surface area (Å²) in [6.07, 6.45) is 2.71. The lowest BCUT2D eigenvalue weighted by molar-refractivity contribution is -0.126. The molecule has 7 heteroatoms. The molecule has 0 saturated carbocycles. The molecule has 1 saturated heterocycles. The third kappa shape index (κ3) is 5.60. The fourth-order valence-electron chi connectivity index (χ4n) is 2.74. The zero-order valence-electron chi connectivity index (χ0n) is 14.0. The van der Waals surface area contributed by atoms with Gasteiger partial charge in [-0.3, -0.25) is 14.4 Å². The van der Waals surface area contributed by atoms with Gasteiger partial charge < -0.3 is 15.5 Å². The van der Waals surface area contributed by atoms with Crippen molar-refractivity contribution in [2.24, 2.45) is 5.92 Å². The molecule has 0 spiro atoms. The van der Waals surface area contributed by atoms with Crippen LogP contribution in [0.3, 0.4) is 0 Å². The maximum atomic E-state index is 12.5. The monoisotopic (exact) mass is 363 g/mol. The summed E-state index contributed by atoms with van der Waals surface area (Å²) in [7, 11) is 0. The Kier molecular flexibility index (Phi) is 7.01. The second kappa shape index (κ2) is 9.22. The van der Waals surface area contributed by atoms with Crippen molar-refractivity contribution in [3.63, 3.8) is 0 Å². The van der Waals surface area contributed by atoms with E-state index in [1.165, 1.54) is 6.08 Å². The molecule has 1 aliphatic heterocycles. The third-order valence-electron chi connectivity index (χ3n) is 4.08. The van der Waals surface area contributed by atoms with Crippen molar-refractivity contribution in [1.82, 2.24) is 15.5 Å². The molecule has 0 radical (unpaired) electrons. The molecule has 1 aromatic rings. The van der Waals surface area contributed by atoms with E-state index in [1.807, 2.05) is 0 Å².